The molecule has 5 aliphatic rings. The molecule has 0 N–H and O–H groups in total. The topological polar surface area (TPSA) is 67.2 Å². The predicted octanol–water partition coefficient (Wildman–Crippen LogP) is 6.84. The fraction of sp³-hybridized carbons (Fsp3) is 0.839. The average molecular weight is 498 g/mol. The highest BCUT2D eigenvalue weighted by molar-refractivity contribution is 6.01. The van der Waals surface area contributed by atoms with Gasteiger partial charge < -0.3 is 4.74 Å². The maximum absolute atomic E-state index is 14.4. The van der Waals surface area contributed by atoms with E-state index in [1.165, 1.54) is 0 Å². The lowest BCUT2D eigenvalue weighted by atomic mass is 9.32. The Morgan fingerprint density at radius 1 is 1.03 bits per heavy atom. The molecule has 0 aromatic heterocycles. The third-order valence-corrected chi connectivity index (χ3v) is 12.8. The molecule has 0 radical (unpaired) electrons. The van der Waals surface area contributed by atoms with Crippen LogP contribution in [-0.2, 0) is 14.3 Å². The van der Waals surface area contributed by atoms with Gasteiger partial charge in [0, 0.05) is 18.3 Å². The molecule has 0 bridgehead atoms. The van der Waals surface area contributed by atoms with E-state index in [4.69, 9.17) is 4.74 Å². The van der Waals surface area contributed by atoms with E-state index in [1.807, 2.05) is 13.0 Å². The standard InChI is InChI=1S/C31H44FNO3/c1-19-21-7-8-29(5)24(28(21,4)14-20(16-33)26(19)35)13-23(34)25-22-15-27(2,3)9-11-31(22,17-36-18-32)12-10-30(25,29)6/h14,19,21-22,24-25H,7-13,15,17-18H2,1-6H3/t19-,21-,22?,24+,25+,28-,29+,30+,31+/m0/s1. The van der Waals surface area contributed by atoms with Gasteiger partial charge in [-0.1, -0.05) is 47.6 Å². The van der Waals surface area contributed by atoms with Crippen LogP contribution in [0.15, 0.2) is 11.6 Å². The van der Waals surface area contributed by atoms with E-state index in [2.05, 4.69) is 40.7 Å². The van der Waals surface area contributed by atoms with Crippen molar-refractivity contribution in [2.45, 2.75) is 92.9 Å². The van der Waals surface area contributed by atoms with Crippen LogP contribution in [0, 0.1) is 68.0 Å². The zero-order valence-corrected chi connectivity index (χ0v) is 23.1. The van der Waals surface area contributed by atoms with Crippen LogP contribution in [-0.4, -0.2) is 25.0 Å². The third-order valence-electron chi connectivity index (χ3n) is 12.8. The van der Waals surface area contributed by atoms with Gasteiger partial charge in [-0.15, -0.1) is 0 Å². The van der Waals surface area contributed by atoms with Gasteiger partial charge in [0.05, 0.1) is 12.2 Å². The van der Waals surface area contributed by atoms with Gasteiger partial charge in [-0.05, 0) is 89.8 Å². The number of halogens is 1. The Hall–Kier alpha value is -1.54. The van der Waals surface area contributed by atoms with Gasteiger partial charge >= 0.3 is 0 Å². The number of nitriles is 1. The summed E-state index contributed by atoms with van der Waals surface area (Å²) in [6.07, 6.45) is 9.44. The third kappa shape index (κ3) is 3.31. The van der Waals surface area contributed by atoms with Crippen molar-refractivity contribution < 1.29 is 18.7 Å². The SMILES string of the molecule is C[C@@H]1C(=O)C(C#N)=C[C@]2(C)[C@H]3CC(=O)[C@H]4C5CC(C)(C)CC[C@]5(COCF)CC[C@@]4(C)[C@]3(C)CC[C@@H]12. The van der Waals surface area contributed by atoms with E-state index >= 15 is 0 Å². The number of carbonyl (C=O) groups excluding carboxylic acids is 2. The number of ketones is 2. The minimum Gasteiger partial charge on any atom is -0.350 e. The lowest BCUT2D eigenvalue weighted by Gasteiger charge is -2.71. The van der Waals surface area contributed by atoms with Gasteiger partial charge in [-0.25, -0.2) is 4.39 Å². The molecule has 5 aliphatic carbocycles. The summed E-state index contributed by atoms with van der Waals surface area (Å²) in [5, 5.41) is 9.77. The maximum Gasteiger partial charge on any atom is 0.188 e. The second-order valence-corrected chi connectivity index (χ2v) is 14.7. The Labute approximate surface area is 216 Å². The molecular formula is C31H44FNO3. The van der Waals surface area contributed by atoms with E-state index in [0.717, 1.165) is 44.9 Å². The zero-order chi connectivity index (χ0) is 26.3. The molecule has 36 heavy (non-hydrogen) atoms. The van der Waals surface area contributed by atoms with Crippen LogP contribution >= 0.6 is 0 Å². The van der Waals surface area contributed by atoms with Crippen molar-refractivity contribution in [3.05, 3.63) is 11.6 Å². The summed E-state index contributed by atoms with van der Waals surface area (Å²) in [6, 6.07) is 2.18. The first-order valence-electron chi connectivity index (χ1n) is 14.1. The van der Waals surface area contributed by atoms with E-state index < -0.39 is 6.86 Å². The predicted molar refractivity (Wildman–Crippen MR) is 136 cm³/mol. The number of hydrogen-bond acceptors (Lipinski definition) is 4. The fourth-order valence-corrected chi connectivity index (χ4v) is 10.5. The Morgan fingerprint density at radius 3 is 2.39 bits per heavy atom. The largest absolute Gasteiger partial charge is 0.350 e. The van der Waals surface area contributed by atoms with Gasteiger partial charge in [-0.3, -0.25) is 9.59 Å². The maximum atomic E-state index is 14.4. The lowest BCUT2D eigenvalue weighted by Crippen LogP contribution is -2.68. The lowest BCUT2D eigenvalue weighted by molar-refractivity contribution is -0.226. The monoisotopic (exact) mass is 497 g/mol. The van der Waals surface area contributed by atoms with Crippen molar-refractivity contribution in [1.29, 1.82) is 5.26 Å². The summed E-state index contributed by atoms with van der Waals surface area (Å²) in [7, 11) is 0. The molecule has 5 rings (SSSR count). The van der Waals surface area contributed by atoms with Gasteiger partial charge in [0.25, 0.3) is 0 Å². The van der Waals surface area contributed by atoms with Crippen LogP contribution in [0.25, 0.3) is 0 Å². The molecule has 0 aromatic carbocycles. The van der Waals surface area contributed by atoms with Gasteiger partial charge in [0.15, 0.2) is 12.6 Å². The van der Waals surface area contributed by atoms with E-state index in [0.29, 0.717) is 18.8 Å². The average Bonchev–Trinajstić information content (AvgIpc) is 2.82. The van der Waals surface area contributed by atoms with Crippen LogP contribution < -0.4 is 0 Å². The van der Waals surface area contributed by atoms with E-state index in [9.17, 15) is 19.2 Å². The Morgan fingerprint density at radius 2 is 1.72 bits per heavy atom. The molecule has 0 aliphatic heterocycles. The number of carbonyl (C=O) groups is 2. The molecular weight excluding hydrogens is 453 g/mol. The number of nitrogens with zero attached hydrogens (tertiary/aromatic N) is 1. The van der Waals surface area contributed by atoms with Crippen molar-refractivity contribution in [2.24, 2.45) is 56.7 Å². The van der Waals surface area contributed by atoms with E-state index in [1.54, 1.807) is 0 Å². The first-order chi connectivity index (χ1) is 16.8. The summed E-state index contributed by atoms with van der Waals surface area (Å²) < 4.78 is 18.7. The minimum absolute atomic E-state index is 0.0328. The molecule has 9 atom stereocenters. The highest BCUT2D eigenvalue weighted by atomic mass is 19.1. The Balaban J connectivity index is 1.60. The van der Waals surface area contributed by atoms with Crippen molar-refractivity contribution in [1.82, 2.24) is 0 Å². The molecule has 4 nitrogen and oxygen atoms in total. The molecule has 0 aromatic rings. The highest BCUT2D eigenvalue weighted by Gasteiger charge is 2.71. The smallest absolute Gasteiger partial charge is 0.188 e. The molecule has 0 saturated heterocycles. The molecule has 0 heterocycles. The van der Waals surface area contributed by atoms with Crippen LogP contribution in [0.3, 0.4) is 0 Å². The van der Waals surface area contributed by atoms with Crippen LogP contribution in [0.4, 0.5) is 4.39 Å². The molecule has 0 spiro atoms. The van der Waals surface area contributed by atoms with Gasteiger partial charge in [-0.2, -0.15) is 5.26 Å². The second-order valence-electron chi connectivity index (χ2n) is 14.7. The molecule has 0 amide bonds. The zero-order valence-electron chi connectivity index (χ0n) is 23.1. The minimum atomic E-state index is -0.766. The Bertz CT molecular complexity index is 1040. The van der Waals surface area contributed by atoms with Gasteiger partial charge in [0.2, 0.25) is 0 Å². The number of alkyl halides is 1. The van der Waals surface area contributed by atoms with Crippen molar-refractivity contribution >= 4 is 11.6 Å². The number of ether oxygens (including phenoxy) is 1. The van der Waals surface area contributed by atoms with Crippen molar-refractivity contribution in [2.75, 3.05) is 13.5 Å². The number of hydrogen-bond donors (Lipinski definition) is 0. The van der Waals surface area contributed by atoms with E-state index in [-0.39, 0.29) is 68.0 Å². The summed E-state index contributed by atoms with van der Waals surface area (Å²) in [4.78, 5) is 27.3. The normalized spacial score (nSPS) is 49.6. The summed E-state index contributed by atoms with van der Waals surface area (Å²) in [5.74, 6) is 0.581. The van der Waals surface area contributed by atoms with Crippen LogP contribution in [0.1, 0.15) is 92.9 Å². The first-order valence-corrected chi connectivity index (χ1v) is 14.1. The molecule has 198 valence electrons. The summed E-state index contributed by atoms with van der Waals surface area (Å²) in [5.41, 5.74) is -0.247. The van der Waals surface area contributed by atoms with Crippen molar-refractivity contribution in [3.63, 3.8) is 0 Å². The highest BCUT2D eigenvalue weighted by Crippen LogP contribution is 2.75. The molecule has 1 unspecified atom stereocenters. The number of fused-ring (bicyclic) bond motifs is 7. The first kappa shape index (κ1) is 26.1. The number of Topliss-reactive ketones (excluding diaryl/α,β-unsaturated/α-hetero) is 2. The Kier molecular flexibility index (Phi) is 5.96. The fourth-order valence-electron chi connectivity index (χ4n) is 10.5. The number of rotatable bonds is 3. The second kappa shape index (κ2) is 8.23. The van der Waals surface area contributed by atoms with Crippen molar-refractivity contribution in [3.8, 4) is 6.07 Å². The molecule has 4 saturated carbocycles. The molecule has 4 fully saturated rings. The van der Waals surface area contributed by atoms with Crippen LogP contribution in [0.5, 0.6) is 0 Å². The quantitative estimate of drug-likeness (QED) is 0.428. The summed E-state index contributed by atoms with van der Waals surface area (Å²) >= 11 is 0. The van der Waals surface area contributed by atoms with Gasteiger partial charge in [0.1, 0.15) is 11.9 Å². The molecule has 5 heteroatoms. The summed E-state index contributed by atoms with van der Waals surface area (Å²) in [6.45, 7) is 13.3. The number of allylic oxidation sites excluding steroid dienone is 2. The van der Waals surface area contributed by atoms with Crippen LogP contribution in [0.2, 0.25) is 0 Å².